The fourth-order valence-electron chi connectivity index (χ4n) is 3.67. The standard InChI is InChI=1S/C18H18ClFN6/c19-14-9-24-18-16(13-6-11(7-21)23-10-15(13)25-18)17(14)26(5-1-3-20)12-2-4-22-8-12/h6,9-10,12,22H,1-5,8H2,(H,24,25)/t12-/m0/s1. The quantitative estimate of drug-likeness (QED) is 0.719. The van der Waals surface area contributed by atoms with Crippen LogP contribution in [0.25, 0.3) is 21.9 Å². The van der Waals surface area contributed by atoms with Gasteiger partial charge in [-0.3, -0.25) is 4.39 Å². The van der Waals surface area contributed by atoms with Gasteiger partial charge < -0.3 is 15.2 Å². The lowest BCUT2D eigenvalue weighted by molar-refractivity contribution is 0.463. The molecule has 0 spiro atoms. The Morgan fingerprint density at radius 2 is 2.27 bits per heavy atom. The molecule has 6 nitrogen and oxygen atoms in total. The van der Waals surface area contributed by atoms with E-state index in [1.54, 1.807) is 18.5 Å². The molecule has 26 heavy (non-hydrogen) atoms. The fourth-order valence-corrected chi connectivity index (χ4v) is 3.92. The first kappa shape index (κ1) is 17.0. The van der Waals surface area contributed by atoms with E-state index in [4.69, 9.17) is 11.6 Å². The normalized spacial score (nSPS) is 17.0. The third-order valence-corrected chi connectivity index (χ3v) is 5.12. The molecule has 4 heterocycles. The van der Waals surface area contributed by atoms with Crippen molar-refractivity contribution in [1.82, 2.24) is 20.3 Å². The highest BCUT2D eigenvalue weighted by molar-refractivity contribution is 6.35. The summed E-state index contributed by atoms with van der Waals surface area (Å²) in [6.45, 7) is 1.96. The lowest BCUT2D eigenvalue weighted by Gasteiger charge is -2.32. The van der Waals surface area contributed by atoms with Crippen LogP contribution in [0.15, 0.2) is 18.5 Å². The molecular weight excluding hydrogens is 355 g/mol. The van der Waals surface area contributed by atoms with E-state index in [9.17, 15) is 9.65 Å². The molecule has 1 saturated heterocycles. The minimum Gasteiger partial charge on any atom is -0.365 e. The van der Waals surface area contributed by atoms with Crippen LogP contribution < -0.4 is 10.2 Å². The molecule has 0 radical (unpaired) electrons. The number of nitrogens with one attached hydrogen (secondary N) is 2. The summed E-state index contributed by atoms with van der Waals surface area (Å²) in [6.07, 6.45) is 4.66. The van der Waals surface area contributed by atoms with Crippen molar-refractivity contribution in [1.29, 1.82) is 5.26 Å². The molecule has 0 saturated carbocycles. The summed E-state index contributed by atoms with van der Waals surface area (Å²) in [5, 5.41) is 14.8. The van der Waals surface area contributed by atoms with Crippen molar-refractivity contribution < 1.29 is 4.39 Å². The van der Waals surface area contributed by atoms with Crippen LogP contribution in [0.1, 0.15) is 18.5 Å². The molecule has 0 bridgehead atoms. The third-order valence-electron chi connectivity index (χ3n) is 4.84. The van der Waals surface area contributed by atoms with Crippen molar-refractivity contribution in [3.8, 4) is 6.07 Å². The monoisotopic (exact) mass is 372 g/mol. The Hall–Kier alpha value is -2.43. The number of nitrogens with zero attached hydrogens (tertiary/aromatic N) is 4. The van der Waals surface area contributed by atoms with E-state index in [1.807, 2.05) is 0 Å². The van der Waals surface area contributed by atoms with Crippen molar-refractivity contribution in [2.24, 2.45) is 0 Å². The van der Waals surface area contributed by atoms with Crippen molar-refractivity contribution in [3.05, 3.63) is 29.2 Å². The van der Waals surface area contributed by atoms with E-state index in [1.165, 1.54) is 0 Å². The number of hydrogen-bond acceptors (Lipinski definition) is 5. The Labute approximate surface area is 155 Å². The van der Waals surface area contributed by atoms with Crippen molar-refractivity contribution >= 4 is 39.2 Å². The van der Waals surface area contributed by atoms with E-state index in [0.717, 1.165) is 41.5 Å². The zero-order valence-corrected chi connectivity index (χ0v) is 14.9. The van der Waals surface area contributed by atoms with Gasteiger partial charge in [-0.15, -0.1) is 0 Å². The summed E-state index contributed by atoms with van der Waals surface area (Å²) in [7, 11) is 0. The smallest absolute Gasteiger partial charge is 0.141 e. The van der Waals surface area contributed by atoms with Gasteiger partial charge in [0.05, 0.1) is 40.7 Å². The van der Waals surface area contributed by atoms with Crippen LogP contribution >= 0.6 is 11.6 Å². The number of rotatable bonds is 5. The van der Waals surface area contributed by atoms with Crippen molar-refractivity contribution in [2.75, 3.05) is 31.2 Å². The Balaban J connectivity index is 1.96. The zero-order chi connectivity index (χ0) is 18.1. The second-order valence-electron chi connectivity index (χ2n) is 6.41. The van der Waals surface area contributed by atoms with Crippen LogP contribution in [-0.4, -0.2) is 47.3 Å². The number of H-pyrrole nitrogens is 1. The number of halogens is 2. The van der Waals surface area contributed by atoms with E-state index >= 15 is 0 Å². The number of anilines is 1. The maximum Gasteiger partial charge on any atom is 0.141 e. The van der Waals surface area contributed by atoms with Gasteiger partial charge >= 0.3 is 0 Å². The summed E-state index contributed by atoms with van der Waals surface area (Å²) < 4.78 is 12.9. The van der Waals surface area contributed by atoms with Crippen LogP contribution in [0.3, 0.4) is 0 Å². The maximum absolute atomic E-state index is 12.9. The molecule has 3 aromatic heterocycles. The van der Waals surface area contributed by atoms with Gasteiger partial charge in [0.25, 0.3) is 0 Å². The van der Waals surface area contributed by atoms with Gasteiger partial charge in [0.1, 0.15) is 17.4 Å². The average molecular weight is 373 g/mol. The summed E-state index contributed by atoms with van der Waals surface area (Å²) in [6, 6.07) is 4.06. The van der Waals surface area contributed by atoms with E-state index < -0.39 is 0 Å². The molecule has 0 aromatic carbocycles. The highest BCUT2D eigenvalue weighted by atomic mass is 35.5. The molecule has 1 atom stereocenters. The molecule has 8 heteroatoms. The highest BCUT2D eigenvalue weighted by Gasteiger charge is 2.27. The number of aromatic nitrogens is 3. The summed E-state index contributed by atoms with van der Waals surface area (Å²) >= 11 is 6.57. The number of nitriles is 1. The van der Waals surface area contributed by atoms with Gasteiger partial charge in [-0.05, 0) is 25.5 Å². The van der Waals surface area contributed by atoms with Crippen LogP contribution in [0.5, 0.6) is 0 Å². The Morgan fingerprint density at radius 3 is 3.00 bits per heavy atom. The lowest BCUT2D eigenvalue weighted by atomic mass is 10.1. The predicted octanol–water partition coefficient (Wildman–Crippen LogP) is 3.16. The van der Waals surface area contributed by atoms with E-state index in [0.29, 0.717) is 29.3 Å². The van der Waals surface area contributed by atoms with Crippen LogP contribution in [0.2, 0.25) is 5.02 Å². The average Bonchev–Trinajstić information content (AvgIpc) is 3.30. The minimum absolute atomic E-state index is 0.242. The second kappa shape index (κ2) is 7.06. The molecule has 0 unspecified atom stereocenters. The summed E-state index contributed by atoms with van der Waals surface area (Å²) in [5.41, 5.74) is 2.67. The number of fused-ring (bicyclic) bond motifs is 3. The molecule has 0 amide bonds. The van der Waals surface area contributed by atoms with Gasteiger partial charge in [0, 0.05) is 24.5 Å². The maximum atomic E-state index is 12.9. The predicted molar refractivity (Wildman–Crippen MR) is 100 cm³/mol. The Morgan fingerprint density at radius 1 is 1.38 bits per heavy atom. The van der Waals surface area contributed by atoms with E-state index in [2.05, 4.69) is 31.2 Å². The van der Waals surface area contributed by atoms with E-state index in [-0.39, 0.29) is 12.7 Å². The van der Waals surface area contributed by atoms with Gasteiger partial charge in [-0.1, -0.05) is 11.6 Å². The first-order valence-corrected chi connectivity index (χ1v) is 9.00. The van der Waals surface area contributed by atoms with Crippen molar-refractivity contribution in [3.63, 3.8) is 0 Å². The Bertz CT molecular complexity index is 989. The first-order chi connectivity index (χ1) is 12.7. The number of aromatic amines is 1. The summed E-state index contributed by atoms with van der Waals surface area (Å²) in [5.74, 6) is 0. The van der Waals surface area contributed by atoms with Crippen LogP contribution in [0.4, 0.5) is 10.1 Å². The van der Waals surface area contributed by atoms with Crippen molar-refractivity contribution in [2.45, 2.75) is 18.9 Å². The fraction of sp³-hybridized carbons (Fsp3) is 0.389. The van der Waals surface area contributed by atoms with Gasteiger partial charge in [0.2, 0.25) is 0 Å². The van der Waals surface area contributed by atoms with Crippen LogP contribution in [0, 0.1) is 11.3 Å². The van der Waals surface area contributed by atoms with Crippen LogP contribution in [-0.2, 0) is 0 Å². The highest BCUT2D eigenvalue weighted by Crippen LogP contribution is 2.39. The molecule has 2 N–H and O–H groups in total. The van der Waals surface area contributed by atoms with Gasteiger partial charge in [-0.25, -0.2) is 9.97 Å². The first-order valence-electron chi connectivity index (χ1n) is 8.62. The molecular formula is C18H18ClFN6. The molecule has 4 rings (SSSR count). The SMILES string of the molecule is N#Cc1cc2c(cn1)[nH]c1ncc(Cl)c(N(CCCF)[C@H]3CCNC3)c12. The molecule has 1 aliphatic rings. The van der Waals surface area contributed by atoms with Gasteiger partial charge in [0.15, 0.2) is 0 Å². The largest absolute Gasteiger partial charge is 0.365 e. The number of hydrogen-bond donors (Lipinski definition) is 2. The minimum atomic E-state index is -0.376. The molecule has 134 valence electrons. The Kier molecular flexibility index (Phi) is 4.62. The zero-order valence-electron chi connectivity index (χ0n) is 14.1. The number of pyridine rings is 2. The molecule has 0 aliphatic carbocycles. The number of alkyl halides is 1. The molecule has 3 aromatic rings. The third kappa shape index (κ3) is 2.85. The lowest BCUT2D eigenvalue weighted by Crippen LogP contribution is -2.38. The topological polar surface area (TPSA) is 80.6 Å². The second-order valence-corrected chi connectivity index (χ2v) is 6.82. The molecule has 1 aliphatic heterocycles. The van der Waals surface area contributed by atoms with Gasteiger partial charge in [-0.2, -0.15) is 5.26 Å². The summed E-state index contributed by atoms with van der Waals surface area (Å²) in [4.78, 5) is 14.0. The molecule has 1 fully saturated rings.